The number of benzene rings is 2. The number of halogens is 1. The lowest BCUT2D eigenvalue weighted by Gasteiger charge is -2.17. The maximum Gasteiger partial charge on any atom is 0.293 e. The van der Waals surface area contributed by atoms with Crippen LogP contribution in [-0.2, 0) is 16.4 Å². The molecule has 0 atom stereocenters. The average molecular weight is 403 g/mol. The van der Waals surface area contributed by atoms with E-state index in [9.17, 15) is 13.2 Å². The first-order valence-electron chi connectivity index (χ1n) is 8.21. The molecule has 0 saturated heterocycles. The van der Waals surface area contributed by atoms with Gasteiger partial charge in [-0.3, -0.25) is 9.52 Å². The van der Waals surface area contributed by atoms with Gasteiger partial charge in [-0.15, -0.1) is 0 Å². The monoisotopic (exact) mass is 402 g/mol. The molecule has 2 heterocycles. The molecule has 1 N–H and O–H groups in total. The number of rotatable bonds is 4. The first kappa shape index (κ1) is 17.6. The summed E-state index contributed by atoms with van der Waals surface area (Å²) in [6.07, 6.45) is 2.14. The third-order valence-electron chi connectivity index (χ3n) is 4.32. The highest BCUT2D eigenvalue weighted by molar-refractivity contribution is 7.92. The minimum absolute atomic E-state index is 0.0685. The van der Waals surface area contributed by atoms with Crippen molar-refractivity contribution in [3.63, 3.8) is 0 Å². The molecule has 0 aliphatic carbocycles. The second kappa shape index (κ2) is 6.75. The van der Waals surface area contributed by atoms with E-state index in [-0.39, 0.29) is 16.6 Å². The lowest BCUT2D eigenvalue weighted by molar-refractivity contribution is 0.0963. The zero-order chi connectivity index (χ0) is 19.0. The minimum atomic E-state index is -3.79. The van der Waals surface area contributed by atoms with Crippen LogP contribution in [0.4, 0.5) is 11.4 Å². The number of hydrogen-bond acceptors (Lipinski definition) is 4. The molecule has 0 bridgehead atoms. The Kier molecular flexibility index (Phi) is 4.41. The van der Waals surface area contributed by atoms with Crippen molar-refractivity contribution < 1.29 is 17.6 Å². The van der Waals surface area contributed by atoms with Crippen LogP contribution < -0.4 is 9.62 Å². The van der Waals surface area contributed by atoms with Crippen molar-refractivity contribution >= 4 is 38.9 Å². The Labute approximate surface area is 161 Å². The maximum absolute atomic E-state index is 12.6. The minimum Gasteiger partial charge on any atom is -0.459 e. The largest absolute Gasteiger partial charge is 0.459 e. The van der Waals surface area contributed by atoms with Crippen LogP contribution in [0.15, 0.2) is 70.2 Å². The van der Waals surface area contributed by atoms with E-state index >= 15 is 0 Å². The van der Waals surface area contributed by atoms with E-state index in [2.05, 4.69) is 4.72 Å². The Morgan fingerprint density at radius 3 is 2.70 bits per heavy atom. The van der Waals surface area contributed by atoms with Crippen molar-refractivity contribution in [3.8, 4) is 0 Å². The molecule has 27 heavy (non-hydrogen) atoms. The zero-order valence-electron chi connectivity index (χ0n) is 14.1. The number of sulfonamides is 1. The number of hydrogen-bond donors (Lipinski definition) is 1. The molecule has 138 valence electrons. The molecular weight excluding hydrogens is 388 g/mol. The Bertz CT molecular complexity index is 1110. The number of fused-ring (bicyclic) bond motifs is 1. The second-order valence-electron chi connectivity index (χ2n) is 6.09. The third kappa shape index (κ3) is 3.43. The molecule has 1 aliphatic rings. The van der Waals surface area contributed by atoms with E-state index in [1.165, 1.54) is 18.4 Å². The van der Waals surface area contributed by atoms with Gasteiger partial charge in [0.1, 0.15) is 0 Å². The number of nitrogens with one attached hydrogen (secondary N) is 1. The number of furan rings is 1. The summed E-state index contributed by atoms with van der Waals surface area (Å²) in [7, 11) is -3.79. The number of amides is 1. The molecule has 1 aliphatic heterocycles. The molecule has 0 unspecified atom stereocenters. The van der Waals surface area contributed by atoms with Crippen LogP contribution in [0, 0.1) is 0 Å². The molecule has 1 aromatic heterocycles. The van der Waals surface area contributed by atoms with Gasteiger partial charge in [-0.05, 0) is 54.4 Å². The van der Waals surface area contributed by atoms with Crippen molar-refractivity contribution in [1.29, 1.82) is 0 Å². The zero-order valence-corrected chi connectivity index (χ0v) is 15.6. The highest BCUT2D eigenvalue weighted by atomic mass is 35.5. The van der Waals surface area contributed by atoms with Crippen LogP contribution in [0.1, 0.15) is 16.1 Å². The van der Waals surface area contributed by atoms with Gasteiger partial charge in [0.25, 0.3) is 15.9 Å². The van der Waals surface area contributed by atoms with Gasteiger partial charge in [-0.1, -0.05) is 23.7 Å². The van der Waals surface area contributed by atoms with Crippen molar-refractivity contribution in [2.75, 3.05) is 16.2 Å². The van der Waals surface area contributed by atoms with Crippen molar-refractivity contribution in [1.82, 2.24) is 0 Å². The third-order valence-corrected chi connectivity index (χ3v) is 5.93. The van der Waals surface area contributed by atoms with Crippen LogP contribution in [0.25, 0.3) is 0 Å². The quantitative estimate of drug-likeness (QED) is 0.716. The van der Waals surface area contributed by atoms with Gasteiger partial charge in [0.2, 0.25) is 0 Å². The second-order valence-corrected chi connectivity index (χ2v) is 8.21. The molecule has 0 radical (unpaired) electrons. The predicted octanol–water partition coefficient (Wildman–Crippen LogP) is 3.94. The number of anilines is 2. The van der Waals surface area contributed by atoms with Crippen LogP contribution in [0.2, 0.25) is 5.02 Å². The molecule has 3 aromatic rings. The lowest BCUT2D eigenvalue weighted by Crippen LogP contribution is -2.28. The van der Waals surface area contributed by atoms with Gasteiger partial charge >= 0.3 is 0 Å². The number of carbonyl (C=O) groups excluding carboxylic acids is 1. The van der Waals surface area contributed by atoms with E-state index < -0.39 is 10.0 Å². The first-order valence-corrected chi connectivity index (χ1v) is 10.1. The Morgan fingerprint density at radius 2 is 1.96 bits per heavy atom. The highest BCUT2D eigenvalue weighted by Gasteiger charge is 2.28. The van der Waals surface area contributed by atoms with E-state index in [1.54, 1.807) is 41.3 Å². The van der Waals surface area contributed by atoms with Gasteiger partial charge in [0.05, 0.1) is 16.8 Å². The van der Waals surface area contributed by atoms with Crippen molar-refractivity contribution in [3.05, 3.63) is 77.2 Å². The van der Waals surface area contributed by atoms with Gasteiger partial charge in [-0.2, -0.15) is 0 Å². The molecule has 0 saturated carbocycles. The Hall–Kier alpha value is -2.77. The summed E-state index contributed by atoms with van der Waals surface area (Å²) in [6, 6.07) is 14.4. The van der Waals surface area contributed by atoms with Crippen molar-refractivity contribution in [2.24, 2.45) is 0 Å². The van der Waals surface area contributed by atoms with Crippen LogP contribution in [-0.4, -0.2) is 20.9 Å². The molecule has 6 nitrogen and oxygen atoms in total. The summed E-state index contributed by atoms with van der Waals surface area (Å²) in [5.41, 5.74) is 2.01. The molecule has 2 aromatic carbocycles. The smallest absolute Gasteiger partial charge is 0.293 e. The maximum atomic E-state index is 12.6. The molecule has 4 rings (SSSR count). The van der Waals surface area contributed by atoms with E-state index in [1.807, 2.05) is 6.07 Å². The Balaban J connectivity index is 1.63. The summed E-state index contributed by atoms with van der Waals surface area (Å²) >= 11 is 5.89. The predicted molar refractivity (Wildman–Crippen MR) is 103 cm³/mol. The molecular formula is C19H15ClN2O4S. The van der Waals surface area contributed by atoms with Gasteiger partial charge in [0, 0.05) is 17.3 Å². The highest BCUT2D eigenvalue weighted by Crippen LogP contribution is 2.33. The van der Waals surface area contributed by atoms with Gasteiger partial charge in [-0.25, -0.2) is 8.42 Å². The van der Waals surface area contributed by atoms with Crippen LogP contribution in [0.5, 0.6) is 0 Å². The first-order chi connectivity index (χ1) is 12.9. The van der Waals surface area contributed by atoms with Gasteiger partial charge in [0.15, 0.2) is 5.76 Å². The van der Waals surface area contributed by atoms with E-state index in [0.29, 0.717) is 29.4 Å². The fourth-order valence-corrected chi connectivity index (χ4v) is 4.39. The lowest BCUT2D eigenvalue weighted by atomic mass is 10.1. The summed E-state index contributed by atoms with van der Waals surface area (Å²) in [5.74, 6) is -0.0126. The van der Waals surface area contributed by atoms with Crippen LogP contribution >= 0.6 is 11.6 Å². The normalized spacial score (nSPS) is 13.4. The Morgan fingerprint density at radius 1 is 1.11 bits per heavy atom. The standard InChI is InChI=1S/C19H15ClN2O4S/c20-14-3-1-4-16(11-14)27(24,25)21-15-7-6-13-8-9-22(17(13)12-15)19(23)18-5-2-10-26-18/h1-7,10-12,21H,8-9H2. The fourth-order valence-electron chi connectivity index (χ4n) is 3.04. The molecule has 0 spiro atoms. The number of carbonyl (C=O) groups is 1. The molecule has 1 amide bonds. The van der Waals surface area contributed by atoms with E-state index in [4.69, 9.17) is 16.0 Å². The fraction of sp³-hybridized carbons (Fsp3) is 0.105. The average Bonchev–Trinajstić information content (AvgIpc) is 3.30. The SMILES string of the molecule is O=C(c1ccco1)N1CCc2ccc(NS(=O)(=O)c3cccc(Cl)c3)cc21. The number of nitrogens with zero attached hydrogens (tertiary/aromatic N) is 1. The summed E-state index contributed by atoms with van der Waals surface area (Å²) in [6.45, 7) is 0.513. The van der Waals surface area contributed by atoms with Gasteiger partial charge < -0.3 is 9.32 Å². The summed E-state index contributed by atoms with van der Waals surface area (Å²) in [5, 5.41) is 0.335. The summed E-state index contributed by atoms with van der Waals surface area (Å²) < 4.78 is 32.9. The van der Waals surface area contributed by atoms with E-state index in [0.717, 1.165) is 5.56 Å². The van der Waals surface area contributed by atoms with Crippen molar-refractivity contribution in [2.45, 2.75) is 11.3 Å². The topological polar surface area (TPSA) is 79.6 Å². The van der Waals surface area contributed by atoms with Crippen LogP contribution in [0.3, 0.4) is 0 Å². The molecule has 0 fully saturated rings. The summed E-state index contributed by atoms with van der Waals surface area (Å²) in [4.78, 5) is 14.3. The molecule has 8 heteroatoms.